The first kappa shape index (κ1) is 40.4. The number of carbonyl (C=O) groups is 3. The average molecular weight is 780 g/mol. The lowest BCUT2D eigenvalue weighted by atomic mass is 9.48. The topological polar surface area (TPSA) is 210 Å². The number of allylic oxidation sites excluding steroid dienone is 2. The maximum absolute atomic E-state index is 12.7. The van der Waals surface area contributed by atoms with Crippen LogP contribution in [0.4, 0.5) is 5.82 Å². The minimum atomic E-state index is -1.07. The van der Waals surface area contributed by atoms with Crippen molar-refractivity contribution in [1.82, 2.24) is 10.3 Å². The molecule has 304 valence electrons. The second-order valence-electron chi connectivity index (χ2n) is 16.7. The van der Waals surface area contributed by atoms with Gasteiger partial charge in [0.15, 0.2) is 5.96 Å². The number of aliphatic imine (C=N–C) groups is 1. The fourth-order valence-electron chi connectivity index (χ4n) is 10.7. The molecule has 1 aliphatic heterocycles. The fraction of sp³-hybridized carbons (Fsp3) is 0.511. The van der Waals surface area contributed by atoms with Crippen LogP contribution >= 0.6 is 0 Å². The van der Waals surface area contributed by atoms with Crippen molar-refractivity contribution in [1.29, 1.82) is 0 Å². The molecule has 3 aromatic rings. The molecule has 1 fully saturated rings. The van der Waals surface area contributed by atoms with Gasteiger partial charge in [0.2, 0.25) is 0 Å². The molecule has 2 heterocycles. The molecule has 1 aromatic heterocycles. The summed E-state index contributed by atoms with van der Waals surface area (Å²) in [5, 5.41) is 50.0. The van der Waals surface area contributed by atoms with Crippen LogP contribution in [0.3, 0.4) is 0 Å². The van der Waals surface area contributed by atoms with Crippen LogP contribution in [0.25, 0.3) is 10.8 Å². The van der Waals surface area contributed by atoms with Gasteiger partial charge in [-0.25, -0.2) is 9.79 Å². The summed E-state index contributed by atoms with van der Waals surface area (Å²) in [7, 11) is 0. The van der Waals surface area contributed by atoms with Crippen LogP contribution in [-0.2, 0) is 20.8 Å². The summed E-state index contributed by atoms with van der Waals surface area (Å²) in [6.07, 6.45) is 15.2. The third-order valence-corrected chi connectivity index (χ3v) is 13.2. The van der Waals surface area contributed by atoms with E-state index >= 15 is 0 Å². The maximum Gasteiger partial charge on any atom is 0.328 e. The molecule has 0 spiro atoms. The number of aldehydes is 2. The number of guanidine groups is 1. The highest BCUT2D eigenvalue weighted by Crippen LogP contribution is 2.62. The molecular formula is C45H57N5O7. The second-order valence-corrected chi connectivity index (χ2v) is 16.7. The largest absolute Gasteiger partial charge is 0.478 e. The molecule has 11 unspecified atom stereocenters. The van der Waals surface area contributed by atoms with E-state index in [1.54, 1.807) is 0 Å². The summed E-state index contributed by atoms with van der Waals surface area (Å²) in [5.74, 6) is 0.361. The van der Waals surface area contributed by atoms with E-state index in [0.717, 1.165) is 54.0 Å². The predicted octanol–water partition coefficient (Wildman–Crippen LogP) is 4.96. The Labute approximate surface area is 333 Å². The molecule has 2 aromatic carbocycles. The number of carboxylic acids is 1. The van der Waals surface area contributed by atoms with Gasteiger partial charge in [-0.2, -0.15) is 0 Å². The minimum absolute atomic E-state index is 0.0217. The summed E-state index contributed by atoms with van der Waals surface area (Å²) in [5.41, 5.74) is 10.5. The smallest absolute Gasteiger partial charge is 0.328 e. The van der Waals surface area contributed by atoms with E-state index in [-0.39, 0.29) is 66.6 Å². The molecule has 57 heavy (non-hydrogen) atoms. The Morgan fingerprint density at radius 2 is 1.86 bits per heavy atom. The quantitative estimate of drug-likeness (QED) is 0.0466. The first-order chi connectivity index (χ1) is 27.7. The Kier molecular flexibility index (Phi) is 12.9. The van der Waals surface area contributed by atoms with Gasteiger partial charge in [0, 0.05) is 31.2 Å². The van der Waals surface area contributed by atoms with Gasteiger partial charge >= 0.3 is 5.97 Å². The van der Waals surface area contributed by atoms with Crippen LogP contribution in [0.15, 0.2) is 77.5 Å². The van der Waals surface area contributed by atoms with Crippen molar-refractivity contribution in [3.63, 3.8) is 0 Å². The molecule has 0 amide bonds. The number of H-pyrrole nitrogens is 1. The number of aliphatic hydroxyl groups excluding tert-OH is 3. The zero-order valence-electron chi connectivity index (χ0n) is 32.4. The number of aromatic nitrogens is 1. The number of carboxylic acid groups (broad SMARTS) is 1. The molecule has 9 N–H and O–H groups in total. The van der Waals surface area contributed by atoms with E-state index in [2.05, 4.69) is 52.0 Å². The summed E-state index contributed by atoms with van der Waals surface area (Å²) >= 11 is 0. The second kappa shape index (κ2) is 18.2. The highest BCUT2D eigenvalue weighted by molar-refractivity contribution is 5.86. The molecular weight excluding hydrogens is 723 g/mol. The van der Waals surface area contributed by atoms with Crippen molar-refractivity contribution in [2.24, 2.45) is 40.3 Å². The number of hydrogen-bond acceptors (Lipinski definition) is 10. The summed E-state index contributed by atoms with van der Waals surface area (Å²) < 4.78 is 0. The Bertz CT molecular complexity index is 1980. The van der Waals surface area contributed by atoms with Crippen molar-refractivity contribution in [2.45, 2.75) is 100 Å². The van der Waals surface area contributed by atoms with Crippen LogP contribution in [0.2, 0.25) is 0 Å². The molecule has 12 heteroatoms. The van der Waals surface area contributed by atoms with E-state index in [1.807, 2.05) is 24.4 Å². The van der Waals surface area contributed by atoms with Crippen molar-refractivity contribution >= 4 is 41.1 Å². The number of anilines is 1. The molecule has 0 saturated heterocycles. The van der Waals surface area contributed by atoms with Gasteiger partial charge in [0.05, 0.1) is 30.8 Å². The predicted molar refractivity (Wildman–Crippen MR) is 220 cm³/mol. The third-order valence-electron chi connectivity index (χ3n) is 13.2. The zero-order chi connectivity index (χ0) is 40.1. The molecule has 0 radical (unpaired) electrons. The number of nitrogens with two attached hydrogens (primary N) is 1. The average Bonchev–Trinajstić information content (AvgIpc) is 3.73. The number of hydrogen-bond donors (Lipinski definition) is 8. The van der Waals surface area contributed by atoms with Crippen LogP contribution in [0, 0.1) is 29.6 Å². The molecule has 11 atom stereocenters. The highest BCUT2D eigenvalue weighted by atomic mass is 16.4. The van der Waals surface area contributed by atoms with E-state index in [4.69, 9.17) is 10.7 Å². The van der Waals surface area contributed by atoms with Crippen molar-refractivity contribution in [2.75, 3.05) is 18.5 Å². The zero-order valence-corrected chi connectivity index (χ0v) is 32.4. The van der Waals surface area contributed by atoms with Crippen LogP contribution < -0.4 is 16.4 Å². The van der Waals surface area contributed by atoms with E-state index < -0.39 is 24.2 Å². The lowest BCUT2D eigenvalue weighted by Crippen LogP contribution is -2.53. The maximum atomic E-state index is 12.7. The number of nitrogens with one attached hydrogen (secondary N) is 3. The van der Waals surface area contributed by atoms with Gasteiger partial charge < -0.3 is 51.4 Å². The number of aromatic amines is 1. The highest BCUT2D eigenvalue weighted by Gasteiger charge is 2.54. The molecule has 4 bridgehead atoms. The monoisotopic (exact) mass is 779 g/mol. The van der Waals surface area contributed by atoms with Crippen LogP contribution in [0.5, 0.6) is 0 Å². The van der Waals surface area contributed by atoms with Gasteiger partial charge in [-0.15, -0.1) is 0 Å². The SMILES string of the molecule is NC1=NC(C(=CC(=O)O)C(Nc2ccc[nH]2)C2CCC3c4cc5ccc(CC=O)cc5cc4C4C(CCC(O)CCC(C=O)CCCO)C=CC3C24)CC(CO)N1. The first-order valence-corrected chi connectivity index (χ1v) is 20.7. The molecule has 4 aliphatic rings. The normalized spacial score (nSPS) is 28.1. The first-order valence-electron chi connectivity index (χ1n) is 20.7. The number of nitrogens with zero attached hydrogens (tertiary/aromatic N) is 1. The summed E-state index contributed by atoms with van der Waals surface area (Å²) in [6, 6.07) is 13.4. The van der Waals surface area contributed by atoms with Gasteiger partial charge in [0.25, 0.3) is 0 Å². The summed E-state index contributed by atoms with van der Waals surface area (Å²) in [4.78, 5) is 43.9. The van der Waals surface area contributed by atoms with Gasteiger partial charge in [0.1, 0.15) is 18.4 Å². The fourth-order valence-corrected chi connectivity index (χ4v) is 10.7. The molecule has 7 rings (SSSR count). The lowest BCUT2D eigenvalue weighted by Gasteiger charge is -2.57. The minimum Gasteiger partial charge on any atom is -0.478 e. The van der Waals surface area contributed by atoms with Gasteiger partial charge in [-0.1, -0.05) is 42.5 Å². The Morgan fingerprint density at radius 3 is 2.60 bits per heavy atom. The van der Waals surface area contributed by atoms with E-state index in [0.29, 0.717) is 50.5 Å². The van der Waals surface area contributed by atoms with E-state index in [9.17, 15) is 34.8 Å². The number of carbonyl (C=O) groups excluding carboxylic acids is 2. The number of rotatable bonds is 19. The number of aliphatic hydroxyl groups is 3. The molecule has 3 aliphatic carbocycles. The Morgan fingerprint density at radius 1 is 1.02 bits per heavy atom. The van der Waals surface area contributed by atoms with Crippen molar-refractivity contribution in [3.8, 4) is 0 Å². The van der Waals surface area contributed by atoms with Crippen LogP contribution in [-0.4, -0.2) is 87.4 Å². The molecule has 12 nitrogen and oxygen atoms in total. The Balaban J connectivity index is 1.29. The van der Waals surface area contributed by atoms with E-state index in [1.165, 1.54) is 17.2 Å². The number of aliphatic carboxylic acids is 1. The third kappa shape index (κ3) is 8.88. The van der Waals surface area contributed by atoms with Crippen LogP contribution in [0.1, 0.15) is 86.3 Å². The number of fused-ring (bicyclic) bond motifs is 4. The van der Waals surface area contributed by atoms with Gasteiger partial charge in [-0.05, 0) is 138 Å². The summed E-state index contributed by atoms with van der Waals surface area (Å²) in [6.45, 7) is -0.130. The van der Waals surface area contributed by atoms with Crippen molar-refractivity contribution < 1.29 is 34.8 Å². The standard InChI is InChI=1S/C45H57N5O7/c46-45-48-31(25-54)22-39(49-45)38(23-41(56)57)44(50-40-4-1-16-47-40)35-14-13-33-34-12-9-28(8-11-32(55)10-6-27(24-53)3-2-17-51)42(43(34)35)37-21-30-19-26(15-18-52)5-7-29(30)20-36(33)37/h1,4-5,7,9,12,16,18-21,23-24,27-28,31-35,39,42-44,47,50-51,54-55H,2-3,6,8,10-11,13-15,17,22,25H2,(H,56,57)(H3,46,48,49). The van der Waals surface area contributed by atoms with Crippen molar-refractivity contribution in [3.05, 3.63) is 89.2 Å². The number of benzene rings is 2. The molecule has 1 saturated carbocycles. The van der Waals surface area contributed by atoms with Gasteiger partial charge in [-0.3, -0.25) is 0 Å². The lowest BCUT2D eigenvalue weighted by molar-refractivity contribution is -0.131. The Hall–Kier alpha value is -4.78.